The maximum Gasteiger partial charge on any atom is 0.226 e. The molecule has 5 nitrogen and oxygen atoms in total. The van der Waals surface area contributed by atoms with Crippen molar-refractivity contribution in [1.82, 2.24) is 4.90 Å². The van der Waals surface area contributed by atoms with Gasteiger partial charge in [0.15, 0.2) is 0 Å². The number of fused-ring (bicyclic) bond motifs is 1. The predicted octanol–water partition coefficient (Wildman–Crippen LogP) is 2.39. The number of aliphatic hydroxyl groups excluding tert-OH is 1. The first kappa shape index (κ1) is 17.4. The standard InChI is InChI=1S/C18H25N3O2S/c1-12-2-3-14-15(9-19)18(24-16(14)8-12)20-17(23)5-7-21-6-4-13(10-21)11-22/h12-13,22H,2-8,10-11H2,1H3,(H,20,23). The lowest BCUT2D eigenvalue weighted by molar-refractivity contribution is -0.116. The molecule has 2 aliphatic rings. The molecular formula is C18H25N3O2S. The van der Waals surface area contributed by atoms with E-state index in [1.54, 1.807) is 11.3 Å². The third kappa shape index (κ3) is 3.80. The van der Waals surface area contributed by atoms with Crippen molar-refractivity contribution in [3.63, 3.8) is 0 Å². The number of hydrogen-bond donors (Lipinski definition) is 2. The Morgan fingerprint density at radius 2 is 2.33 bits per heavy atom. The SMILES string of the molecule is CC1CCc2c(sc(NC(=O)CCN3CCC(CO)C3)c2C#N)C1. The highest BCUT2D eigenvalue weighted by Gasteiger charge is 2.25. The van der Waals surface area contributed by atoms with Crippen LogP contribution in [-0.2, 0) is 17.6 Å². The van der Waals surface area contributed by atoms with E-state index < -0.39 is 0 Å². The van der Waals surface area contributed by atoms with Gasteiger partial charge < -0.3 is 15.3 Å². The number of aliphatic hydroxyl groups is 1. The molecule has 2 unspecified atom stereocenters. The molecule has 1 aliphatic heterocycles. The number of carbonyl (C=O) groups excluding carboxylic acids is 1. The molecule has 0 aromatic carbocycles. The fourth-order valence-corrected chi connectivity index (χ4v) is 5.05. The van der Waals surface area contributed by atoms with Crippen molar-refractivity contribution in [2.75, 3.05) is 31.6 Å². The number of nitriles is 1. The summed E-state index contributed by atoms with van der Waals surface area (Å²) in [7, 11) is 0. The molecule has 1 aromatic heterocycles. The fraction of sp³-hybridized carbons (Fsp3) is 0.667. The minimum atomic E-state index is -0.0226. The van der Waals surface area contributed by atoms with Gasteiger partial charge in [-0.3, -0.25) is 4.79 Å². The van der Waals surface area contributed by atoms with Crippen LogP contribution in [0.5, 0.6) is 0 Å². The van der Waals surface area contributed by atoms with Crippen molar-refractivity contribution in [1.29, 1.82) is 5.26 Å². The lowest BCUT2D eigenvalue weighted by Crippen LogP contribution is -2.26. The molecule has 2 N–H and O–H groups in total. The van der Waals surface area contributed by atoms with Crippen LogP contribution in [0.4, 0.5) is 5.00 Å². The minimum Gasteiger partial charge on any atom is -0.396 e. The lowest BCUT2D eigenvalue weighted by Gasteiger charge is -2.17. The van der Waals surface area contributed by atoms with Gasteiger partial charge in [-0.1, -0.05) is 6.92 Å². The van der Waals surface area contributed by atoms with Crippen LogP contribution >= 0.6 is 11.3 Å². The van der Waals surface area contributed by atoms with E-state index in [0.29, 0.717) is 30.4 Å². The van der Waals surface area contributed by atoms with Crippen LogP contribution in [0.15, 0.2) is 0 Å². The molecule has 1 aromatic rings. The monoisotopic (exact) mass is 347 g/mol. The molecule has 0 saturated carbocycles. The van der Waals surface area contributed by atoms with E-state index in [2.05, 4.69) is 23.2 Å². The van der Waals surface area contributed by atoms with E-state index in [1.165, 1.54) is 4.88 Å². The molecule has 1 fully saturated rings. The van der Waals surface area contributed by atoms with Gasteiger partial charge in [-0.05, 0) is 49.6 Å². The normalized spacial score (nSPS) is 23.7. The highest BCUT2D eigenvalue weighted by Crippen LogP contribution is 2.39. The van der Waals surface area contributed by atoms with Crippen molar-refractivity contribution in [2.24, 2.45) is 11.8 Å². The summed E-state index contributed by atoms with van der Waals surface area (Å²) in [6.07, 6.45) is 4.52. The first-order chi connectivity index (χ1) is 11.6. The van der Waals surface area contributed by atoms with Gasteiger partial charge in [0, 0.05) is 31.0 Å². The van der Waals surface area contributed by atoms with Crippen molar-refractivity contribution in [3.05, 3.63) is 16.0 Å². The Morgan fingerprint density at radius 3 is 3.04 bits per heavy atom. The van der Waals surface area contributed by atoms with Gasteiger partial charge >= 0.3 is 0 Å². The molecule has 24 heavy (non-hydrogen) atoms. The quantitative estimate of drug-likeness (QED) is 0.857. The Morgan fingerprint density at radius 1 is 1.50 bits per heavy atom. The minimum absolute atomic E-state index is 0.0226. The molecule has 3 rings (SSSR count). The molecule has 1 saturated heterocycles. The summed E-state index contributed by atoms with van der Waals surface area (Å²) in [4.78, 5) is 15.8. The summed E-state index contributed by atoms with van der Waals surface area (Å²) in [5.41, 5.74) is 1.83. The average Bonchev–Trinajstić information content (AvgIpc) is 3.16. The molecule has 0 spiro atoms. The fourth-order valence-electron chi connectivity index (χ4n) is 3.67. The van der Waals surface area contributed by atoms with E-state index in [1.807, 2.05) is 0 Å². The first-order valence-electron chi connectivity index (χ1n) is 8.78. The number of amides is 1. The maximum absolute atomic E-state index is 12.3. The van der Waals surface area contributed by atoms with Crippen LogP contribution in [0.2, 0.25) is 0 Å². The number of thiophene rings is 1. The van der Waals surface area contributed by atoms with Gasteiger partial charge in [-0.25, -0.2) is 0 Å². The number of rotatable bonds is 5. The zero-order valence-corrected chi connectivity index (χ0v) is 15.0. The molecule has 1 aliphatic carbocycles. The first-order valence-corrected chi connectivity index (χ1v) is 9.60. The van der Waals surface area contributed by atoms with Crippen LogP contribution in [0.3, 0.4) is 0 Å². The molecule has 0 radical (unpaired) electrons. The van der Waals surface area contributed by atoms with E-state index in [9.17, 15) is 15.2 Å². The molecule has 6 heteroatoms. The molecule has 130 valence electrons. The second-order valence-corrected chi connectivity index (χ2v) is 8.21. The van der Waals surface area contributed by atoms with Gasteiger partial charge in [0.05, 0.1) is 5.56 Å². The van der Waals surface area contributed by atoms with Gasteiger partial charge in [-0.15, -0.1) is 11.3 Å². The average molecular weight is 347 g/mol. The van der Waals surface area contributed by atoms with E-state index >= 15 is 0 Å². The third-order valence-electron chi connectivity index (χ3n) is 5.16. The van der Waals surface area contributed by atoms with E-state index in [0.717, 1.165) is 49.3 Å². The van der Waals surface area contributed by atoms with Crippen molar-refractivity contribution in [2.45, 2.75) is 39.0 Å². The van der Waals surface area contributed by atoms with Crippen LogP contribution < -0.4 is 5.32 Å². The maximum atomic E-state index is 12.3. The molecule has 0 bridgehead atoms. The summed E-state index contributed by atoms with van der Waals surface area (Å²) >= 11 is 1.58. The molecular weight excluding hydrogens is 322 g/mol. The summed E-state index contributed by atoms with van der Waals surface area (Å²) < 4.78 is 0. The Hall–Kier alpha value is -1.42. The van der Waals surface area contributed by atoms with Gasteiger partial charge in [0.2, 0.25) is 5.91 Å². The zero-order chi connectivity index (χ0) is 17.1. The van der Waals surface area contributed by atoms with Gasteiger partial charge in [0.25, 0.3) is 0 Å². The van der Waals surface area contributed by atoms with Crippen molar-refractivity contribution in [3.8, 4) is 6.07 Å². The number of anilines is 1. The number of carbonyl (C=O) groups is 1. The highest BCUT2D eigenvalue weighted by atomic mass is 32.1. The lowest BCUT2D eigenvalue weighted by atomic mass is 9.89. The number of hydrogen-bond acceptors (Lipinski definition) is 5. The summed E-state index contributed by atoms with van der Waals surface area (Å²) in [5, 5.41) is 22.3. The Labute approximate surface area is 147 Å². The molecule has 2 heterocycles. The van der Waals surface area contributed by atoms with Crippen LogP contribution in [0.1, 0.15) is 42.2 Å². The number of nitrogens with one attached hydrogen (secondary N) is 1. The largest absolute Gasteiger partial charge is 0.396 e. The summed E-state index contributed by atoms with van der Waals surface area (Å²) in [5.74, 6) is 0.982. The molecule has 1 amide bonds. The Balaban J connectivity index is 1.58. The van der Waals surface area contributed by atoms with E-state index in [4.69, 9.17) is 0 Å². The van der Waals surface area contributed by atoms with Crippen molar-refractivity contribution >= 4 is 22.2 Å². The Bertz CT molecular complexity index is 649. The summed E-state index contributed by atoms with van der Waals surface area (Å²) in [6, 6.07) is 2.29. The smallest absolute Gasteiger partial charge is 0.226 e. The van der Waals surface area contributed by atoms with Crippen LogP contribution in [0, 0.1) is 23.2 Å². The van der Waals surface area contributed by atoms with Crippen molar-refractivity contribution < 1.29 is 9.90 Å². The molecule has 2 atom stereocenters. The number of likely N-dealkylation sites (tertiary alicyclic amines) is 1. The summed E-state index contributed by atoms with van der Waals surface area (Å²) in [6.45, 7) is 5.01. The highest BCUT2D eigenvalue weighted by molar-refractivity contribution is 7.16. The van der Waals surface area contributed by atoms with Crippen LogP contribution in [-0.4, -0.2) is 42.2 Å². The van der Waals surface area contributed by atoms with Gasteiger partial charge in [-0.2, -0.15) is 5.26 Å². The van der Waals surface area contributed by atoms with E-state index in [-0.39, 0.29) is 12.5 Å². The second kappa shape index (κ2) is 7.64. The Kier molecular flexibility index (Phi) is 5.54. The third-order valence-corrected chi connectivity index (χ3v) is 6.33. The number of nitrogens with zero attached hydrogens (tertiary/aromatic N) is 2. The van der Waals surface area contributed by atoms with Crippen LogP contribution in [0.25, 0.3) is 0 Å². The zero-order valence-electron chi connectivity index (χ0n) is 14.2. The topological polar surface area (TPSA) is 76.4 Å². The predicted molar refractivity (Wildman–Crippen MR) is 95.1 cm³/mol. The van der Waals surface area contributed by atoms with Gasteiger partial charge in [0.1, 0.15) is 11.1 Å². The second-order valence-electron chi connectivity index (χ2n) is 7.10.